The van der Waals surface area contributed by atoms with Crippen molar-refractivity contribution >= 4 is 29.1 Å². The smallest absolute Gasteiger partial charge is 0.265 e. The van der Waals surface area contributed by atoms with Crippen LogP contribution in [0.3, 0.4) is 0 Å². The van der Waals surface area contributed by atoms with E-state index in [4.69, 9.17) is 16.3 Å². The first-order chi connectivity index (χ1) is 10.1. The van der Waals surface area contributed by atoms with E-state index in [0.717, 1.165) is 0 Å². The molecule has 1 N–H and O–H groups in total. The zero-order valence-electron chi connectivity index (χ0n) is 11.6. The summed E-state index contributed by atoms with van der Waals surface area (Å²) in [5, 5.41) is 3.61. The Labute approximate surface area is 127 Å². The maximum absolute atomic E-state index is 12.2. The van der Waals surface area contributed by atoms with E-state index < -0.39 is 0 Å². The fourth-order valence-corrected chi connectivity index (χ4v) is 2.62. The monoisotopic (exact) mass is 309 g/mol. The number of amides is 2. The fraction of sp³-hybridized carbons (Fsp3) is 0.429. The van der Waals surface area contributed by atoms with Gasteiger partial charge in [0.2, 0.25) is 5.91 Å². The van der Waals surface area contributed by atoms with Gasteiger partial charge >= 0.3 is 0 Å². The van der Waals surface area contributed by atoms with Gasteiger partial charge < -0.3 is 15.0 Å². The molecule has 2 heterocycles. The van der Waals surface area contributed by atoms with Crippen LogP contribution in [0.15, 0.2) is 18.2 Å². The lowest BCUT2D eigenvalue weighted by Crippen LogP contribution is -2.61. The van der Waals surface area contributed by atoms with Gasteiger partial charge in [-0.25, -0.2) is 0 Å². The number of likely N-dealkylation sites (N-methyl/N-ethyl adjacent to an activating group) is 1. The number of rotatable bonds is 3. The van der Waals surface area contributed by atoms with E-state index in [9.17, 15) is 9.59 Å². The Kier molecular flexibility index (Phi) is 3.73. The molecule has 0 aromatic heterocycles. The Morgan fingerprint density at radius 3 is 2.95 bits per heavy atom. The third-order valence-corrected chi connectivity index (χ3v) is 4.03. The molecule has 1 aromatic carbocycles. The minimum atomic E-state index is -0.233. The van der Waals surface area contributed by atoms with E-state index in [2.05, 4.69) is 5.32 Å². The van der Waals surface area contributed by atoms with Gasteiger partial charge in [0.1, 0.15) is 12.3 Å². The molecule has 6 nitrogen and oxygen atoms in total. The summed E-state index contributed by atoms with van der Waals surface area (Å²) < 4.78 is 5.35. The third kappa shape index (κ3) is 2.69. The molecule has 0 atom stereocenters. The van der Waals surface area contributed by atoms with Crippen LogP contribution in [-0.4, -0.2) is 56.0 Å². The summed E-state index contributed by atoms with van der Waals surface area (Å²) in [6.07, 6.45) is 0. The van der Waals surface area contributed by atoms with Crippen molar-refractivity contribution in [3.63, 3.8) is 0 Å². The maximum Gasteiger partial charge on any atom is 0.265 e. The Balaban J connectivity index is 1.74. The van der Waals surface area contributed by atoms with Crippen LogP contribution < -0.4 is 15.0 Å². The van der Waals surface area contributed by atoms with Crippen molar-refractivity contribution < 1.29 is 14.3 Å². The normalized spacial score (nSPS) is 18.1. The quantitative estimate of drug-likeness (QED) is 0.883. The molecular weight excluding hydrogens is 294 g/mol. The average Bonchev–Trinajstić information content (AvgIpc) is 2.41. The summed E-state index contributed by atoms with van der Waals surface area (Å²) >= 11 is 5.97. The van der Waals surface area contributed by atoms with Crippen molar-refractivity contribution in [2.75, 3.05) is 38.2 Å². The lowest BCUT2D eigenvalue weighted by atomic mass is 10.1. The van der Waals surface area contributed by atoms with Crippen LogP contribution >= 0.6 is 11.6 Å². The van der Waals surface area contributed by atoms with E-state index in [1.54, 1.807) is 23.1 Å². The number of likely N-dealkylation sites (tertiary alicyclic amines) is 1. The number of hydrogen-bond acceptors (Lipinski definition) is 4. The van der Waals surface area contributed by atoms with E-state index in [-0.39, 0.29) is 25.0 Å². The molecule has 1 fully saturated rings. The summed E-state index contributed by atoms with van der Waals surface area (Å²) in [5.41, 5.74) is 0.554. The van der Waals surface area contributed by atoms with Gasteiger partial charge in [-0.2, -0.15) is 0 Å². The van der Waals surface area contributed by atoms with Crippen LogP contribution in [0, 0.1) is 0 Å². The molecule has 21 heavy (non-hydrogen) atoms. The molecule has 2 aliphatic rings. The number of hydrogen-bond donors (Lipinski definition) is 1. The lowest BCUT2D eigenvalue weighted by molar-refractivity contribution is -0.136. The molecule has 0 bridgehead atoms. The molecule has 112 valence electrons. The highest BCUT2D eigenvalue weighted by molar-refractivity contribution is 6.31. The van der Waals surface area contributed by atoms with E-state index in [0.29, 0.717) is 35.6 Å². The number of anilines is 1. The molecule has 0 spiro atoms. The Morgan fingerprint density at radius 1 is 1.48 bits per heavy atom. The van der Waals surface area contributed by atoms with Gasteiger partial charge in [-0.3, -0.25) is 14.5 Å². The fourth-order valence-electron chi connectivity index (χ4n) is 2.45. The number of ether oxygens (including phenoxy) is 1. The van der Waals surface area contributed by atoms with Crippen molar-refractivity contribution in [3.05, 3.63) is 23.2 Å². The second-order valence-electron chi connectivity index (χ2n) is 5.16. The molecule has 2 aliphatic heterocycles. The predicted molar refractivity (Wildman–Crippen MR) is 78.7 cm³/mol. The zero-order valence-corrected chi connectivity index (χ0v) is 12.4. The van der Waals surface area contributed by atoms with E-state index in [1.807, 2.05) is 7.05 Å². The lowest BCUT2D eigenvalue weighted by Gasteiger charge is -2.40. The minimum Gasteiger partial charge on any atom is -0.482 e. The van der Waals surface area contributed by atoms with Crippen LogP contribution in [0.5, 0.6) is 5.75 Å². The van der Waals surface area contributed by atoms with Gasteiger partial charge in [-0.05, 0) is 25.2 Å². The number of nitrogens with one attached hydrogen (secondary N) is 1. The molecule has 3 rings (SSSR count). The number of halogens is 1. The van der Waals surface area contributed by atoms with Crippen molar-refractivity contribution in [1.82, 2.24) is 10.2 Å². The summed E-state index contributed by atoms with van der Waals surface area (Å²) in [6, 6.07) is 5.40. The standard InChI is InChI=1S/C14H16ClN3O3/c1-16-10-5-17(6-10)13(19)7-18-11-4-9(15)2-3-12(11)21-8-14(18)20/h2-4,10,16H,5-8H2,1H3. The van der Waals surface area contributed by atoms with Crippen molar-refractivity contribution in [1.29, 1.82) is 0 Å². The molecule has 0 unspecified atom stereocenters. The zero-order chi connectivity index (χ0) is 15.0. The van der Waals surface area contributed by atoms with Crippen molar-refractivity contribution in [2.45, 2.75) is 6.04 Å². The topological polar surface area (TPSA) is 61.9 Å². The van der Waals surface area contributed by atoms with Gasteiger partial charge in [0, 0.05) is 24.2 Å². The molecule has 1 saturated heterocycles. The SMILES string of the molecule is CNC1CN(C(=O)CN2C(=O)COc3ccc(Cl)cc32)C1. The second-order valence-corrected chi connectivity index (χ2v) is 5.60. The van der Waals surface area contributed by atoms with Crippen LogP contribution in [0.4, 0.5) is 5.69 Å². The van der Waals surface area contributed by atoms with E-state index >= 15 is 0 Å². The largest absolute Gasteiger partial charge is 0.482 e. The predicted octanol–water partition coefficient (Wildman–Crippen LogP) is 0.496. The van der Waals surface area contributed by atoms with Crippen LogP contribution in [0.2, 0.25) is 5.02 Å². The first-order valence-electron chi connectivity index (χ1n) is 6.76. The molecule has 2 amide bonds. The Bertz CT molecular complexity index is 587. The number of carbonyl (C=O) groups excluding carboxylic acids is 2. The molecular formula is C14H16ClN3O3. The van der Waals surface area contributed by atoms with Crippen LogP contribution in [0.1, 0.15) is 0 Å². The maximum atomic E-state index is 12.2. The highest BCUT2D eigenvalue weighted by Gasteiger charge is 2.33. The number of nitrogens with zero attached hydrogens (tertiary/aromatic N) is 2. The number of fused-ring (bicyclic) bond motifs is 1. The molecule has 1 aromatic rings. The first kappa shape index (κ1) is 14.2. The minimum absolute atomic E-state index is 0.0198. The number of benzene rings is 1. The van der Waals surface area contributed by atoms with Gasteiger partial charge in [-0.1, -0.05) is 11.6 Å². The highest BCUT2D eigenvalue weighted by atomic mass is 35.5. The second kappa shape index (κ2) is 5.54. The average molecular weight is 310 g/mol. The summed E-state index contributed by atoms with van der Waals surface area (Å²) in [6.45, 7) is 1.32. The molecule has 7 heteroatoms. The van der Waals surface area contributed by atoms with Crippen molar-refractivity contribution in [3.8, 4) is 5.75 Å². The van der Waals surface area contributed by atoms with Gasteiger partial charge in [0.15, 0.2) is 6.61 Å². The molecule has 0 radical (unpaired) electrons. The van der Waals surface area contributed by atoms with Gasteiger partial charge in [-0.15, -0.1) is 0 Å². The van der Waals surface area contributed by atoms with Crippen molar-refractivity contribution in [2.24, 2.45) is 0 Å². The van der Waals surface area contributed by atoms with Crippen LogP contribution in [0.25, 0.3) is 0 Å². The van der Waals surface area contributed by atoms with Crippen LogP contribution in [-0.2, 0) is 9.59 Å². The summed E-state index contributed by atoms with van der Waals surface area (Å²) in [5.74, 6) is 0.273. The van der Waals surface area contributed by atoms with Gasteiger partial charge in [0.25, 0.3) is 5.91 Å². The Hall–Kier alpha value is -1.79. The Morgan fingerprint density at radius 2 is 2.24 bits per heavy atom. The highest BCUT2D eigenvalue weighted by Crippen LogP contribution is 2.34. The molecule has 0 saturated carbocycles. The first-order valence-corrected chi connectivity index (χ1v) is 7.14. The summed E-state index contributed by atoms with van der Waals surface area (Å²) in [4.78, 5) is 27.4. The third-order valence-electron chi connectivity index (χ3n) is 3.80. The van der Waals surface area contributed by atoms with Gasteiger partial charge in [0.05, 0.1) is 5.69 Å². The number of carbonyl (C=O) groups is 2. The summed E-state index contributed by atoms with van der Waals surface area (Å²) in [7, 11) is 1.87. The van der Waals surface area contributed by atoms with E-state index in [1.165, 1.54) is 4.90 Å². The molecule has 0 aliphatic carbocycles.